The van der Waals surface area contributed by atoms with Crippen molar-refractivity contribution in [2.45, 2.75) is 147 Å². The number of likely N-dealkylation sites (tertiary alicyclic amines) is 1. The molecule has 4 nitrogen and oxygen atoms in total. The molecule has 1 aliphatic heterocycles. The Morgan fingerprint density at radius 3 is 2.51 bits per heavy atom. The second-order valence-electron chi connectivity index (χ2n) is 12.7. The Morgan fingerprint density at radius 2 is 1.94 bits per heavy atom. The van der Waals surface area contributed by atoms with Crippen LogP contribution in [0.3, 0.4) is 0 Å². The van der Waals surface area contributed by atoms with Gasteiger partial charge in [-0.2, -0.15) is 0 Å². The van der Waals surface area contributed by atoms with E-state index >= 15 is 0 Å². The fourth-order valence-corrected chi connectivity index (χ4v) is 7.36. The van der Waals surface area contributed by atoms with Gasteiger partial charge in [0.2, 0.25) is 0 Å². The lowest BCUT2D eigenvalue weighted by atomic mass is 9.61. The second-order valence-corrected chi connectivity index (χ2v) is 18.0. The number of hydrogen-bond acceptors (Lipinski definition) is 3. The van der Waals surface area contributed by atoms with E-state index in [1.165, 1.54) is 44.9 Å². The molecule has 1 saturated heterocycles. The Morgan fingerprint density at radius 1 is 1.23 bits per heavy atom. The molecule has 1 aliphatic carbocycles. The Balaban J connectivity index is 1.95. The molecule has 0 bridgehead atoms. The number of carboxylic acids is 1. The summed E-state index contributed by atoms with van der Waals surface area (Å²) in [7, 11) is -1.82. The molecule has 0 radical (unpaired) electrons. The molecule has 3 atom stereocenters. The third kappa shape index (κ3) is 9.16. The molecule has 2 rings (SSSR count). The zero-order valence-corrected chi connectivity index (χ0v) is 25.3. The molecule has 0 aromatic carbocycles. The van der Waals surface area contributed by atoms with Crippen LogP contribution in [0, 0.1) is 5.41 Å². The van der Waals surface area contributed by atoms with Crippen molar-refractivity contribution in [1.29, 1.82) is 0 Å². The minimum absolute atomic E-state index is 0.209. The quantitative estimate of drug-likeness (QED) is 0.0946. The highest BCUT2D eigenvalue weighted by Gasteiger charge is 2.48. The van der Waals surface area contributed by atoms with Crippen molar-refractivity contribution in [3.8, 4) is 0 Å². The van der Waals surface area contributed by atoms with Gasteiger partial charge in [-0.1, -0.05) is 59.1 Å². The van der Waals surface area contributed by atoms with Gasteiger partial charge in [-0.15, -0.1) is 11.6 Å². The summed E-state index contributed by atoms with van der Waals surface area (Å²) in [5, 5.41) is 9.24. The molecule has 2 fully saturated rings. The summed E-state index contributed by atoms with van der Waals surface area (Å²) in [6, 6.07) is 0.393. The highest BCUT2D eigenvalue weighted by atomic mass is 35.5. The fraction of sp³-hybridized carbons (Fsp3) is 0.897. The Labute approximate surface area is 222 Å². The maximum atomic E-state index is 10.7. The number of halogens is 1. The predicted octanol–water partition coefficient (Wildman–Crippen LogP) is 8.40. The molecular formula is C29H54ClNO3Si. The lowest BCUT2D eigenvalue weighted by molar-refractivity contribution is -0.137. The summed E-state index contributed by atoms with van der Waals surface area (Å²) >= 11 is 6.72. The second kappa shape index (κ2) is 14.0. The van der Waals surface area contributed by atoms with Crippen LogP contribution >= 0.6 is 11.6 Å². The lowest BCUT2D eigenvalue weighted by Gasteiger charge is -2.52. The average molecular weight is 528 g/mol. The molecule has 0 amide bonds. The molecule has 0 spiro atoms. The van der Waals surface area contributed by atoms with Gasteiger partial charge in [-0.3, -0.25) is 9.69 Å². The normalized spacial score (nSPS) is 24.1. The van der Waals surface area contributed by atoms with E-state index in [9.17, 15) is 4.79 Å². The van der Waals surface area contributed by atoms with Gasteiger partial charge in [0.15, 0.2) is 8.32 Å². The van der Waals surface area contributed by atoms with Crippen molar-refractivity contribution in [1.82, 2.24) is 4.90 Å². The van der Waals surface area contributed by atoms with Crippen LogP contribution in [0.5, 0.6) is 0 Å². The van der Waals surface area contributed by atoms with Crippen LogP contribution in [0.4, 0.5) is 0 Å². The van der Waals surface area contributed by atoms with Crippen molar-refractivity contribution in [3.05, 3.63) is 12.2 Å². The molecule has 1 saturated carbocycles. The summed E-state index contributed by atoms with van der Waals surface area (Å²) in [4.78, 5) is 13.3. The van der Waals surface area contributed by atoms with Gasteiger partial charge in [0, 0.05) is 12.5 Å². The average Bonchev–Trinajstić information content (AvgIpc) is 3.08. The topological polar surface area (TPSA) is 49.8 Å². The maximum absolute atomic E-state index is 10.7. The molecule has 2 aliphatic rings. The van der Waals surface area contributed by atoms with Gasteiger partial charge in [-0.25, -0.2) is 0 Å². The van der Waals surface area contributed by atoms with Crippen LogP contribution in [-0.2, 0) is 9.22 Å². The highest BCUT2D eigenvalue weighted by Crippen LogP contribution is 2.52. The number of rotatable bonds is 16. The number of hydrogen-bond donors (Lipinski definition) is 1. The van der Waals surface area contributed by atoms with Crippen LogP contribution < -0.4 is 0 Å². The largest absolute Gasteiger partial charge is 0.481 e. The summed E-state index contributed by atoms with van der Waals surface area (Å²) in [5.41, 5.74) is 0.406. The molecule has 204 valence electrons. The number of allylic oxidation sites excluding steroid dienone is 1. The van der Waals surface area contributed by atoms with Gasteiger partial charge in [0.25, 0.3) is 0 Å². The van der Waals surface area contributed by atoms with Crippen LogP contribution in [0.15, 0.2) is 12.2 Å². The van der Waals surface area contributed by atoms with Crippen molar-refractivity contribution >= 4 is 25.9 Å². The number of nitrogens with zero attached hydrogens (tertiary/aromatic N) is 1. The van der Waals surface area contributed by atoms with Crippen LogP contribution in [-0.4, -0.2) is 54.9 Å². The molecular weight excluding hydrogens is 474 g/mol. The first-order chi connectivity index (χ1) is 16.4. The van der Waals surface area contributed by atoms with E-state index in [1.54, 1.807) is 0 Å². The van der Waals surface area contributed by atoms with E-state index in [0.29, 0.717) is 24.0 Å². The first-order valence-electron chi connectivity index (χ1n) is 14.3. The first-order valence-corrected chi connectivity index (χ1v) is 17.7. The zero-order chi connectivity index (χ0) is 26.1. The van der Waals surface area contributed by atoms with Gasteiger partial charge in [0.05, 0.1) is 11.5 Å². The van der Waals surface area contributed by atoms with E-state index in [2.05, 4.69) is 57.8 Å². The van der Waals surface area contributed by atoms with Crippen molar-refractivity contribution in [3.63, 3.8) is 0 Å². The fourth-order valence-electron chi connectivity index (χ4n) is 5.57. The zero-order valence-electron chi connectivity index (χ0n) is 23.6. The smallest absolute Gasteiger partial charge is 0.303 e. The number of alkyl halides is 1. The monoisotopic (exact) mass is 527 g/mol. The van der Waals surface area contributed by atoms with Crippen LogP contribution in [0.25, 0.3) is 0 Å². The van der Waals surface area contributed by atoms with Gasteiger partial charge in [-0.05, 0) is 94.4 Å². The Bertz CT molecular complexity index is 671. The predicted molar refractivity (Wildman–Crippen MR) is 152 cm³/mol. The van der Waals surface area contributed by atoms with E-state index < -0.39 is 14.3 Å². The van der Waals surface area contributed by atoms with Gasteiger partial charge in [0.1, 0.15) is 0 Å². The lowest BCUT2D eigenvalue weighted by Crippen LogP contribution is -2.51. The molecule has 3 unspecified atom stereocenters. The minimum Gasteiger partial charge on any atom is -0.481 e. The van der Waals surface area contributed by atoms with Gasteiger partial charge < -0.3 is 9.53 Å². The van der Waals surface area contributed by atoms with Gasteiger partial charge >= 0.3 is 5.97 Å². The Hall–Kier alpha value is -0.363. The highest BCUT2D eigenvalue weighted by molar-refractivity contribution is 6.74. The summed E-state index contributed by atoms with van der Waals surface area (Å²) < 4.78 is 7.18. The molecule has 0 aromatic rings. The molecule has 6 heteroatoms. The number of unbranched alkanes of at least 4 members (excludes halogenated alkanes) is 2. The molecule has 1 N–H and O–H groups in total. The van der Waals surface area contributed by atoms with E-state index in [4.69, 9.17) is 21.1 Å². The summed E-state index contributed by atoms with van der Waals surface area (Å²) in [6.07, 6.45) is 18.9. The maximum Gasteiger partial charge on any atom is 0.303 e. The summed E-state index contributed by atoms with van der Waals surface area (Å²) in [6.45, 7) is 16.4. The molecule has 0 aromatic heterocycles. The molecule has 35 heavy (non-hydrogen) atoms. The summed E-state index contributed by atoms with van der Waals surface area (Å²) in [5.74, 6) is -0.713. The van der Waals surface area contributed by atoms with Crippen molar-refractivity contribution in [2.75, 3.05) is 13.1 Å². The number of aliphatic carboxylic acids is 1. The minimum atomic E-state index is -1.82. The standard InChI is InChI=1S/C29H54ClNO3Si/c1-7-8-19-29(20-14-21-29)26(34-35(5,6)28(2,3)4)16-13-22-31-23-18-24(30)25(31)15-11-9-10-12-17-27(32)33/h9,11,24-26H,7-8,10,12-23H2,1-6H3,(H,32,33)/b11-9-. The molecule has 1 heterocycles. The van der Waals surface area contributed by atoms with E-state index in [0.717, 1.165) is 38.8 Å². The number of carboxylic acid groups (broad SMARTS) is 1. The van der Waals surface area contributed by atoms with Crippen LogP contribution in [0.1, 0.15) is 111 Å². The van der Waals surface area contributed by atoms with Crippen molar-refractivity contribution < 1.29 is 14.3 Å². The van der Waals surface area contributed by atoms with Crippen LogP contribution in [0.2, 0.25) is 18.1 Å². The third-order valence-corrected chi connectivity index (χ3v) is 14.1. The first kappa shape index (κ1) is 30.9. The van der Waals surface area contributed by atoms with Crippen molar-refractivity contribution in [2.24, 2.45) is 5.41 Å². The van der Waals surface area contributed by atoms with E-state index in [-0.39, 0.29) is 16.8 Å². The van der Waals surface area contributed by atoms with E-state index in [1.807, 2.05) is 0 Å². The third-order valence-electron chi connectivity index (χ3n) is 9.10. The Kier molecular flexibility index (Phi) is 12.3. The SMILES string of the molecule is CCCCC1(C(CCCN2CCC(Cl)C2C/C=C\CCCC(=O)O)O[Si](C)(C)C(C)(C)C)CCC1. The number of carbonyl (C=O) groups is 1.